The number of amides is 2. The van der Waals surface area contributed by atoms with Crippen molar-refractivity contribution in [2.24, 2.45) is 5.10 Å². The normalized spacial score (nSPS) is 10.5. The lowest BCUT2D eigenvalue weighted by Crippen LogP contribution is -2.32. The number of carbonyl (C=O) groups is 3. The Hall–Kier alpha value is -3.68. The zero-order chi connectivity index (χ0) is 22.2. The van der Waals surface area contributed by atoms with Crippen LogP contribution in [-0.4, -0.2) is 24.0 Å². The fourth-order valence-corrected chi connectivity index (χ4v) is 2.68. The first-order valence-corrected chi connectivity index (χ1v) is 9.65. The molecule has 2 N–H and O–H groups in total. The van der Waals surface area contributed by atoms with E-state index in [9.17, 15) is 14.4 Å². The Morgan fingerprint density at radius 3 is 2.29 bits per heavy atom. The Morgan fingerprint density at radius 1 is 0.839 bits per heavy atom. The SMILES string of the molecule is O=C(N/N=C/c1ccccc1OC(=O)c1ccccc1)C(=O)Nc1ccc(Cl)c(Cl)c1. The summed E-state index contributed by atoms with van der Waals surface area (Å²) in [6.07, 6.45) is 1.26. The molecule has 0 saturated heterocycles. The first-order valence-electron chi connectivity index (χ1n) is 8.90. The molecule has 9 heteroatoms. The molecule has 156 valence electrons. The number of esters is 1. The quantitative estimate of drug-likeness (QED) is 0.197. The van der Waals surface area contributed by atoms with Crippen LogP contribution in [0.1, 0.15) is 15.9 Å². The third-order valence-electron chi connectivity index (χ3n) is 3.88. The number of anilines is 1. The van der Waals surface area contributed by atoms with E-state index in [1.54, 1.807) is 54.6 Å². The molecule has 0 fully saturated rings. The summed E-state index contributed by atoms with van der Waals surface area (Å²) in [5.74, 6) is -2.23. The van der Waals surface area contributed by atoms with Crippen LogP contribution < -0.4 is 15.5 Å². The predicted molar refractivity (Wildman–Crippen MR) is 119 cm³/mol. The number of para-hydroxylation sites is 1. The van der Waals surface area contributed by atoms with Crippen LogP contribution in [-0.2, 0) is 9.59 Å². The second-order valence-corrected chi connectivity index (χ2v) is 6.89. The van der Waals surface area contributed by atoms with Crippen molar-refractivity contribution in [2.45, 2.75) is 0 Å². The molecule has 0 aliphatic carbocycles. The Bertz CT molecular complexity index is 1150. The molecule has 0 unspecified atom stereocenters. The number of rotatable bonds is 5. The Kier molecular flexibility index (Phi) is 7.37. The largest absolute Gasteiger partial charge is 0.422 e. The second kappa shape index (κ2) is 10.4. The molecule has 0 spiro atoms. The van der Waals surface area contributed by atoms with Gasteiger partial charge in [-0.05, 0) is 42.5 Å². The van der Waals surface area contributed by atoms with Gasteiger partial charge in [0.25, 0.3) is 0 Å². The summed E-state index contributed by atoms with van der Waals surface area (Å²) in [5.41, 5.74) is 3.23. The monoisotopic (exact) mass is 455 g/mol. The molecule has 3 rings (SSSR count). The van der Waals surface area contributed by atoms with Gasteiger partial charge >= 0.3 is 17.8 Å². The van der Waals surface area contributed by atoms with Gasteiger partial charge in [0, 0.05) is 11.3 Å². The van der Waals surface area contributed by atoms with Crippen molar-refractivity contribution in [2.75, 3.05) is 5.32 Å². The zero-order valence-corrected chi connectivity index (χ0v) is 17.4. The van der Waals surface area contributed by atoms with Gasteiger partial charge in [-0.1, -0.05) is 53.5 Å². The summed E-state index contributed by atoms with van der Waals surface area (Å²) >= 11 is 11.7. The van der Waals surface area contributed by atoms with Crippen LogP contribution in [0.25, 0.3) is 0 Å². The fraction of sp³-hybridized carbons (Fsp3) is 0. The highest BCUT2D eigenvalue weighted by Crippen LogP contribution is 2.25. The molecule has 0 aliphatic heterocycles. The number of nitrogens with zero attached hydrogens (tertiary/aromatic N) is 1. The number of carbonyl (C=O) groups excluding carboxylic acids is 3. The summed E-state index contributed by atoms with van der Waals surface area (Å²) < 4.78 is 5.39. The summed E-state index contributed by atoms with van der Waals surface area (Å²) in [5, 5.41) is 6.68. The highest BCUT2D eigenvalue weighted by Gasteiger charge is 2.14. The number of benzene rings is 3. The number of hydrogen-bond donors (Lipinski definition) is 2. The standard InChI is InChI=1S/C22H15Cl2N3O4/c23-17-11-10-16(12-18(17)24)26-20(28)21(29)27-25-13-15-8-4-5-9-19(15)31-22(30)14-6-2-1-3-7-14/h1-13H,(H,26,28)(H,27,29)/b25-13+. The van der Waals surface area contributed by atoms with E-state index in [0.717, 1.165) is 0 Å². The van der Waals surface area contributed by atoms with Crippen LogP contribution in [0, 0.1) is 0 Å². The van der Waals surface area contributed by atoms with Crippen LogP contribution in [0.5, 0.6) is 5.75 Å². The second-order valence-electron chi connectivity index (χ2n) is 6.08. The average Bonchev–Trinajstić information content (AvgIpc) is 2.78. The minimum absolute atomic E-state index is 0.236. The molecule has 2 amide bonds. The Labute approximate surface area is 187 Å². The van der Waals surface area contributed by atoms with Gasteiger partial charge in [0.2, 0.25) is 0 Å². The lowest BCUT2D eigenvalue weighted by molar-refractivity contribution is -0.136. The smallest absolute Gasteiger partial charge is 0.343 e. The first kappa shape index (κ1) is 22.0. The van der Waals surface area contributed by atoms with Crippen molar-refractivity contribution in [1.29, 1.82) is 0 Å². The van der Waals surface area contributed by atoms with Gasteiger partial charge in [-0.15, -0.1) is 0 Å². The summed E-state index contributed by atoms with van der Waals surface area (Å²) in [6.45, 7) is 0. The van der Waals surface area contributed by atoms with Gasteiger partial charge in [0.05, 0.1) is 21.8 Å². The predicted octanol–water partition coefficient (Wildman–Crippen LogP) is 4.30. The average molecular weight is 456 g/mol. The number of ether oxygens (including phenoxy) is 1. The molecule has 31 heavy (non-hydrogen) atoms. The molecule has 0 heterocycles. The highest BCUT2D eigenvalue weighted by atomic mass is 35.5. The van der Waals surface area contributed by atoms with Gasteiger partial charge in [-0.25, -0.2) is 10.2 Å². The maximum Gasteiger partial charge on any atom is 0.343 e. The summed E-state index contributed by atoms with van der Waals surface area (Å²) in [7, 11) is 0. The maximum atomic E-state index is 12.2. The maximum absolute atomic E-state index is 12.2. The molecule has 0 saturated carbocycles. The summed E-state index contributed by atoms with van der Waals surface area (Å²) in [4.78, 5) is 36.2. The molecular weight excluding hydrogens is 441 g/mol. The van der Waals surface area contributed by atoms with Crippen LogP contribution in [0.2, 0.25) is 10.0 Å². The number of hydrazone groups is 1. The van der Waals surface area contributed by atoms with E-state index in [2.05, 4.69) is 15.8 Å². The van der Waals surface area contributed by atoms with Gasteiger partial charge in [-0.2, -0.15) is 5.10 Å². The van der Waals surface area contributed by atoms with E-state index in [4.69, 9.17) is 27.9 Å². The minimum Gasteiger partial charge on any atom is -0.422 e. The van der Waals surface area contributed by atoms with E-state index in [-0.39, 0.29) is 10.8 Å². The van der Waals surface area contributed by atoms with Crippen LogP contribution in [0.3, 0.4) is 0 Å². The molecular formula is C22H15Cl2N3O4. The third kappa shape index (κ3) is 6.15. The molecule has 7 nitrogen and oxygen atoms in total. The van der Waals surface area contributed by atoms with E-state index in [0.29, 0.717) is 21.8 Å². The lowest BCUT2D eigenvalue weighted by atomic mass is 10.2. The number of nitrogens with one attached hydrogen (secondary N) is 2. The van der Waals surface area contributed by atoms with E-state index >= 15 is 0 Å². The lowest BCUT2D eigenvalue weighted by Gasteiger charge is -2.07. The van der Waals surface area contributed by atoms with Crippen molar-refractivity contribution < 1.29 is 19.1 Å². The molecule has 0 bridgehead atoms. The number of hydrogen-bond acceptors (Lipinski definition) is 5. The topological polar surface area (TPSA) is 96.9 Å². The molecule has 3 aromatic rings. The van der Waals surface area contributed by atoms with E-state index < -0.39 is 17.8 Å². The Morgan fingerprint density at radius 2 is 1.55 bits per heavy atom. The van der Waals surface area contributed by atoms with Gasteiger partial charge in [-0.3, -0.25) is 9.59 Å². The van der Waals surface area contributed by atoms with Crippen LogP contribution in [0.4, 0.5) is 5.69 Å². The molecule has 3 aromatic carbocycles. The van der Waals surface area contributed by atoms with Crippen molar-refractivity contribution in [1.82, 2.24) is 5.43 Å². The van der Waals surface area contributed by atoms with Crippen molar-refractivity contribution in [3.63, 3.8) is 0 Å². The third-order valence-corrected chi connectivity index (χ3v) is 4.62. The minimum atomic E-state index is -0.999. The molecule has 0 radical (unpaired) electrons. The van der Waals surface area contributed by atoms with Crippen molar-refractivity contribution >= 4 is 52.9 Å². The molecule has 0 aliphatic rings. The van der Waals surface area contributed by atoms with Crippen molar-refractivity contribution in [3.8, 4) is 5.75 Å². The zero-order valence-electron chi connectivity index (χ0n) is 15.8. The van der Waals surface area contributed by atoms with Gasteiger partial charge in [0.15, 0.2) is 0 Å². The van der Waals surface area contributed by atoms with E-state index in [1.165, 1.54) is 24.4 Å². The number of halogens is 2. The highest BCUT2D eigenvalue weighted by molar-refractivity contribution is 6.43. The Balaban J connectivity index is 1.61. The molecule has 0 atom stereocenters. The van der Waals surface area contributed by atoms with Gasteiger partial charge in [0.1, 0.15) is 5.75 Å². The summed E-state index contributed by atoms with van der Waals surface area (Å²) in [6, 6.07) is 19.5. The fourth-order valence-electron chi connectivity index (χ4n) is 2.39. The van der Waals surface area contributed by atoms with Crippen LogP contribution in [0.15, 0.2) is 77.9 Å². The van der Waals surface area contributed by atoms with E-state index in [1.807, 2.05) is 0 Å². The van der Waals surface area contributed by atoms with Gasteiger partial charge < -0.3 is 10.1 Å². The van der Waals surface area contributed by atoms with Crippen molar-refractivity contribution in [3.05, 3.63) is 94.0 Å². The first-order chi connectivity index (χ1) is 14.9. The van der Waals surface area contributed by atoms with Crippen LogP contribution >= 0.6 is 23.2 Å². The molecule has 0 aromatic heterocycles.